The SMILES string of the molecule is NC(=O)c1ccc(N2CCC(O)(c3ccc(F)cc3)C2)nn1. The van der Waals surface area contributed by atoms with E-state index < -0.39 is 11.5 Å². The van der Waals surface area contributed by atoms with Crippen LogP contribution in [0.4, 0.5) is 10.2 Å². The minimum atomic E-state index is -1.06. The number of nitrogens with two attached hydrogens (primary N) is 1. The minimum absolute atomic E-state index is 0.0942. The molecule has 3 rings (SSSR count). The van der Waals surface area contributed by atoms with Gasteiger partial charge in [0.05, 0.1) is 6.54 Å². The first kappa shape index (κ1) is 14.4. The first-order valence-electron chi connectivity index (χ1n) is 6.85. The molecule has 1 fully saturated rings. The topological polar surface area (TPSA) is 92.3 Å². The van der Waals surface area contributed by atoms with Gasteiger partial charge in [-0.15, -0.1) is 10.2 Å². The highest BCUT2D eigenvalue weighted by Gasteiger charge is 2.38. The van der Waals surface area contributed by atoms with Crippen molar-refractivity contribution in [1.29, 1.82) is 0 Å². The average molecular weight is 302 g/mol. The molecule has 1 aromatic heterocycles. The van der Waals surface area contributed by atoms with E-state index in [0.29, 0.717) is 30.9 Å². The van der Waals surface area contributed by atoms with Crippen molar-refractivity contribution in [2.24, 2.45) is 5.73 Å². The number of aliphatic hydroxyl groups is 1. The molecular weight excluding hydrogens is 287 g/mol. The molecule has 1 unspecified atom stereocenters. The van der Waals surface area contributed by atoms with Crippen LogP contribution in [0, 0.1) is 5.82 Å². The number of amides is 1. The average Bonchev–Trinajstić information content (AvgIpc) is 2.91. The molecular formula is C15H15FN4O2. The predicted octanol–water partition coefficient (Wildman–Crippen LogP) is 0.812. The maximum absolute atomic E-state index is 13.0. The molecule has 0 saturated carbocycles. The molecule has 22 heavy (non-hydrogen) atoms. The summed E-state index contributed by atoms with van der Waals surface area (Å²) in [4.78, 5) is 12.8. The number of carbonyl (C=O) groups excluding carboxylic acids is 1. The highest BCUT2D eigenvalue weighted by atomic mass is 19.1. The highest BCUT2D eigenvalue weighted by Crippen LogP contribution is 2.33. The molecule has 0 bridgehead atoms. The summed E-state index contributed by atoms with van der Waals surface area (Å²) >= 11 is 0. The van der Waals surface area contributed by atoms with Crippen LogP contribution in [0.3, 0.4) is 0 Å². The Morgan fingerprint density at radius 2 is 1.95 bits per heavy atom. The van der Waals surface area contributed by atoms with Crippen molar-refractivity contribution in [1.82, 2.24) is 10.2 Å². The quantitative estimate of drug-likeness (QED) is 0.875. The number of β-amino-alcohol motifs (C(OH)–C–C–N with tert-alkyl or cyclic N) is 1. The van der Waals surface area contributed by atoms with Gasteiger partial charge in [-0.25, -0.2) is 4.39 Å². The zero-order valence-corrected chi connectivity index (χ0v) is 11.7. The summed E-state index contributed by atoms with van der Waals surface area (Å²) in [5, 5.41) is 18.5. The van der Waals surface area contributed by atoms with Crippen LogP contribution in [-0.2, 0) is 5.60 Å². The molecule has 1 atom stereocenters. The van der Waals surface area contributed by atoms with E-state index in [1.165, 1.54) is 18.2 Å². The van der Waals surface area contributed by atoms with E-state index in [2.05, 4.69) is 10.2 Å². The second kappa shape index (κ2) is 5.34. The molecule has 0 spiro atoms. The molecule has 1 aliphatic heterocycles. The molecule has 1 aromatic carbocycles. The summed E-state index contributed by atoms with van der Waals surface area (Å²) in [6.45, 7) is 0.904. The van der Waals surface area contributed by atoms with Crippen molar-refractivity contribution >= 4 is 11.7 Å². The number of benzene rings is 1. The molecule has 1 amide bonds. The number of hydrogen-bond donors (Lipinski definition) is 2. The van der Waals surface area contributed by atoms with Crippen LogP contribution in [0.2, 0.25) is 0 Å². The number of rotatable bonds is 3. The monoisotopic (exact) mass is 302 g/mol. The first-order chi connectivity index (χ1) is 10.5. The molecule has 1 aliphatic rings. The number of primary amides is 1. The van der Waals surface area contributed by atoms with E-state index in [0.717, 1.165) is 0 Å². The maximum Gasteiger partial charge on any atom is 0.269 e. The fourth-order valence-electron chi connectivity index (χ4n) is 2.61. The Labute approximate surface area is 126 Å². The lowest BCUT2D eigenvalue weighted by atomic mass is 9.93. The van der Waals surface area contributed by atoms with Crippen LogP contribution in [0.1, 0.15) is 22.5 Å². The van der Waals surface area contributed by atoms with Crippen LogP contribution in [0.5, 0.6) is 0 Å². The van der Waals surface area contributed by atoms with Gasteiger partial charge >= 0.3 is 0 Å². The standard InChI is InChI=1S/C15H15FN4O2/c16-11-3-1-10(2-4-11)15(22)7-8-20(9-15)13-6-5-12(14(17)21)18-19-13/h1-6,22H,7-9H2,(H2,17,21). The Morgan fingerprint density at radius 1 is 1.23 bits per heavy atom. The van der Waals surface area contributed by atoms with E-state index in [1.807, 2.05) is 4.90 Å². The Kier molecular flexibility index (Phi) is 3.50. The molecule has 0 aliphatic carbocycles. The van der Waals surface area contributed by atoms with Gasteiger partial charge in [0.25, 0.3) is 5.91 Å². The largest absolute Gasteiger partial charge is 0.383 e. The second-order valence-electron chi connectivity index (χ2n) is 5.35. The highest BCUT2D eigenvalue weighted by molar-refractivity contribution is 5.90. The van der Waals surface area contributed by atoms with Crippen molar-refractivity contribution in [2.75, 3.05) is 18.0 Å². The van der Waals surface area contributed by atoms with Gasteiger partial charge < -0.3 is 15.7 Å². The van der Waals surface area contributed by atoms with Gasteiger partial charge in [0, 0.05) is 6.54 Å². The fourth-order valence-corrected chi connectivity index (χ4v) is 2.61. The number of aromatic nitrogens is 2. The summed E-state index contributed by atoms with van der Waals surface area (Å²) in [6, 6.07) is 8.97. The maximum atomic E-state index is 13.0. The third-order valence-electron chi connectivity index (χ3n) is 3.86. The van der Waals surface area contributed by atoms with Gasteiger partial charge in [0.15, 0.2) is 11.5 Å². The predicted molar refractivity (Wildman–Crippen MR) is 77.7 cm³/mol. The number of halogens is 1. The summed E-state index contributed by atoms with van der Waals surface area (Å²) in [6.07, 6.45) is 0.498. The molecule has 2 heterocycles. The molecule has 1 saturated heterocycles. The number of anilines is 1. The Bertz CT molecular complexity index is 690. The summed E-state index contributed by atoms with van der Waals surface area (Å²) in [5.74, 6) is -0.415. The molecule has 114 valence electrons. The minimum Gasteiger partial charge on any atom is -0.383 e. The lowest BCUT2D eigenvalue weighted by Crippen LogP contribution is -2.31. The second-order valence-corrected chi connectivity index (χ2v) is 5.35. The summed E-state index contributed by atoms with van der Waals surface area (Å²) < 4.78 is 13.0. The van der Waals surface area contributed by atoms with Gasteiger partial charge in [0.2, 0.25) is 0 Å². The van der Waals surface area contributed by atoms with Crippen molar-refractivity contribution in [3.63, 3.8) is 0 Å². The van der Waals surface area contributed by atoms with E-state index in [-0.39, 0.29) is 11.5 Å². The fraction of sp³-hybridized carbons (Fsp3) is 0.267. The number of carbonyl (C=O) groups is 1. The molecule has 7 heteroatoms. The lowest BCUT2D eigenvalue weighted by Gasteiger charge is -2.24. The van der Waals surface area contributed by atoms with E-state index in [4.69, 9.17) is 5.73 Å². The molecule has 3 N–H and O–H groups in total. The summed E-state index contributed by atoms with van der Waals surface area (Å²) in [5.41, 5.74) is 4.82. The normalized spacial score (nSPS) is 21.1. The van der Waals surface area contributed by atoms with Crippen molar-refractivity contribution < 1.29 is 14.3 Å². The van der Waals surface area contributed by atoms with Crippen molar-refractivity contribution in [3.8, 4) is 0 Å². The first-order valence-corrected chi connectivity index (χ1v) is 6.85. The number of hydrogen-bond acceptors (Lipinski definition) is 5. The summed E-state index contributed by atoms with van der Waals surface area (Å²) in [7, 11) is 0. The third kappa shape index (κ3) is 2.62. The Hall–Kier alpha value is -2.54. The number of nitrogens with zero attached hydrogens (tertiary/aromatic N) is 3. The van der Waals surface area contributed by atoms with Crippen LogP contribution in [-0.4, -0.2) is 34.3 Å². The van der Waals surface area contributed by atoms with Crippen LogP contribution >= 0.6 is 0 Å². The van der Waals surface area contributed by atoms with Gasteiger partial charge in [-0.05, 0) is 36.2 Å². The van der Waals surface area contributed by atoms with Crippen LogP contribution in [0.25, 0.3) is 0 Å². The van der Waals surface area contributed by atoms with Gasteiger partial charge in [-0.1, -0.05) is 12.1 Å². The van der Waals surface area contributed by atoms with Crippen LogP contribution < -0.4 is 10.6 Å². The van der Waals surface area contributed by atoms with Crippen molar-refractivity contribution in [2.45, 2.75) is 12.0 Å². The van der Waals surface area contributed by atoms with Crippen molar-refractivity contribution in [3.05, 3.63) is 53.5 Å². The zero-order valence-electron chi connectivity index (χ0n) is 11.7. The van der Waals surface area contributed by atoms with E-state index in [1.54, 1.807) is 18.2 Å². The van der Waals surface area contributed by atoms with E-state index in [9.17, 15) is 14.3 Å². The molecule has 2 aromatic rings. The Morgan fingerprint density at radius 3 is 2.55 bits per heavy atom. The van der Waals surface area contributed by atoms with Crippen LogP contribution in [0.15, 0.2) is 36.4 Å². The zero-order chi connectivity index (χ0) is 15.7. The van der Waals surface area contributed by atoms with Gasteiger partial charge in [0.1, 0.15) is 11.4 Å². The lowest BCUT2D eigenvalue weighted by molar-refractivity contribution is 0.0605. The van der Waals surface area contributed by atoms with Gasteiger partial charge in [-0.2, -0.15) is 0 Å². The van der Waals surface area contributed by atoms with Gasteiger partial charge in [-0.3, -0.25) is 4.79 Å². The molecule has 6 nitrogen and oxygen atoms in total. The van der Waals surface area contributed by atoms with E-state index >= 15 is 0 Å². The third-order valence-corrected chi connectivity index (χ3v) is 3.86. The Balaban J connectivity index is 1.79. The molecule has 0 radical (unpaired) electrons. The smallest absolute Gasteiger partial charge is 0.269 e.